The van der Waals surface area contributed by atoms with E-state index in [1.807, 2.05) is 12.1 Å². The summed E-state index contributed by atoms with van der Waals surface area (Å²) in [7, 11) is -2.54. The molecule has 0 unspecified atom stereocenters. The average Bonchev–Trinajstić information content (AvgIpc) is 3.21. The predicted octanol–water partition coefficient (Wildman–Crippen LogP) is 10.5. The van der Waals surface area contributed by atoms with Crippen molar-refractivity contribution in [1.29, 1.82) is 0 Å². The number of hydrogen-bond acceptors (Lipinski definition) is 8. The summed E-state index contributed by atoms with van der Waals surface area (Å²) in [4.78, 5) is 0. The summed E-state index contributed by atoms with van der Waals surface area (Å²) < 4.78 is 49.0. The molecule has 0 saturated carbocycles. The average molecular weight is 939 g/mol. The Morgan fingerprint density at radius 3 is 1.19 bits per heavy atom. The van der Waals surface area contributed by atoms with Crippen LogP contribution in [0.25, 0.3) is 0 Å². The number of halogens is 2. The lowest BCUT2D eigenvalue weighted by Crippen LogP contribution is -2.66. The van der Waals surface area contributed by atoms with Gasteiger partial charge in [-0.3, -0.25) is 0 Å². The van der Waals surface area contributed by atoms with Gasteiger partial charge in [-0.15, -0.1) is 0 Å². The number of rotatable bonds is 34. The number of hydrogen-bond donors (Lipinski definition) is 0. The molecule has 8 nitrogen and oxygen atoms in total. The maximum Gasteiger partial charge on any atom is 0.261 e. The highest BCUT2D eigenvalue weighted by Crippen LogP contribution is 2.37. The summed E-state index contributed by atoms with van der Waals surface area (Å²) in [5.74, 6) is 1.57. The lowest BCUT2D eigenvalue weighted by Gasteiger charge is -2.43. The van der Waals surface area contributed by atoms with E-state index in [1.165, 1.54) is 68.2 Å². The zero-order valence-corrected chi connectivity index (χ0v) is 39.4. The molecular weight excluding hydrogens is 868 g/mol. The highest BCUT2D eigenvalue weighted by Gasteiger charge is 2.50. The van der Waals surface area contributed by atoms with Gasteiger partial charge >= 0.3 is 0 Å². The Hall–Kier alpha value is -1.80. The Morgan fingerprint density at radius 1 is 0.439 bits per heavy atom. The molecule has 3 aromatic carbocycles. The third-order valence-corrected chi connectivity index (χ3v) is 16.0. The molecule has 57 heavy (non-hydrogen) atoms. The van der Waals surface area contributed by atoms with E-state index in [1.54, 1.807) is 0 Å². The molecule has 0 atom stereocenters. The van der Waals surface area contributed by atoms with E-state index in [2.05, 4.69) is 120 Å². The van der Waals surface area contributed by atoms with Gasteiger partial charge in [0.2, 0.25) is 0 Å². The first-order chi connectivity index (χ1) is 27.8. The molecule has 0 N–H and O–H groups in total. The molecule has 11 heteroatoms. The topological polar surface area (TPSA) is 73.8 Å². The third-order valence-electron chi connectivity index (χ3n) is 9.68. The van der Waals surface area contributed by atoms with Crippen molar-refractivity contribution in [2.75, 3.05) is 85.9 Å². The molecule has 0 saturated heterocycles. The number of benzene rings is 3. The fourth-order valence-electron chi connectivity index (χ4n) is 6.71. The van der Waals surface area contributed by atoms with E-state index in [4.69, 9.17) is 37.6 Å². The van der Waals surface area contributed by atoms with E-state index in [0.29, 0.717) is 79.3 Å². The lowest BCUT2D eigenvalue weighted by molar-refractivity contribution is -0.0143. The second kappa shape index (κ2) is 30.3. The summed E-state index contributed by atoms with van der Waals surface area (Å²) in [6.07, 6.45) is 13.1. The van der Waals surface area contributed by atoms with Crippen molar-refractivity contribution in [1.82, 2.24) is 0 Å². The predicted molar refractivity (Wildman–Crippen MR) is 242 cm³/mol. The maximum absolute atomic E-state index is 6.87. The van der Waals surface area contributed by atoms with Gasteiger partial charge in [0.05, 0.1) is 88.2 Å². The zero-order chi connectivity index (χ0) is 40.9. The van der Waals surface area contributed by atoms with Gasteiger partial charge in [-0.2, -0.15) is 0 Å². The number of ether oxygens (including phenoxy) is 7. The fourth-order valence-corrected chi connectivity index (χ4v) is 12.1. The zero-order valence-electron chi connectivity index (χ0n) is 35.2. The van der Waals surface area contributed by atoms with Crippen LogP contribution in [0.2, 0.25) is 5.04 Å². The molecule has 0 aromatic heterocycles. The Kier molecular flexibility index (Phi) is 26.3. The molecule has 320 valence electrons. The van der Waals surface area contributed by atoms with Gasteiger partial charge in [-0.1, -0.05) is 146 Å². The lowest BCUT2D eigenvalue weighted by atomic mass is 10.1. The Bertz CT molecular complexity index is 1390. The van der Waals surface area contributed by atoms with Gasteiger partial charge in [0, 0.05) is 0 Å². The van der Waals surface area contributed by atoms with Crippen LogP contribution in [0.5, 0.6) is 11.5 Å². The first kappa shape index (κ1) is 49.6. The summed E-state index contributed by atoms with van der Waals surface area (Å²) in [5.41, 5.74) is 0. The largest absolute Gasteiger partial charge is 0.492 e. The molecule has 0 bridgehead atoms. The molecule has 0 heterocycles. The van der Waals surface area contributed by atoms with E-state index in [-0.39, 0.29) is 5.04 Å². The van der Waals surface area contributed by atoms with Crippen molar-refractivity contribution < 1.29 is 37.6 Å². The van der Waals surface area contributed by atoms with E-state index >= 15 is 0 Å². The van der Waals surface area contributed by atoms with Crippen LogP contribution in [0.15, 0.2) is 81.7 Å². The van der Waals surface area contributed by atoms with Crippen LogP contribution in [-0.4, -0.2) is 94.2 Å². The normalized spacial score (nSPS) is 12.0. The summed E-state index contributed by atoms with van der Waals surface area (Å²) in [5, 5.41) is 2.49. The van der Waals surface area contributed by atoms with Gasteiger partial charge in [0.25, 0.3) is 8.32 Å². The Balaban J connectivity index is 1.13. The summed E-state index contributed by atoms with van der Waals surface area (Å²) in [6, 6.07) is 25.2. The maximum atomic E-state index is 6.87. The molecule has 0 aliphatic rings. The molecule has 0 amide bonds. The van der Waals surface area contributed by atoms with Gasteiger partial charge < -0.3 is 37.6 Å². The van der Waals surface area contributed by atoms with Crippen molar-refractivity contribution in [3.63, 3.8) is 0 Å². The van der Waals surface area contributed by atoms with Crippen molar-refractivity contribution in [3.05, 3.63) is 81.7 Å². The van der Waals surface area contributed by atoms with Crippen LogP contribution in [0.1, 0.15) is 91.9 Å². The van der Waals surface area contributed by atoms with Crippen LogP contribution < -0.4 is 19.8 Å². The van der Waals surface area contributed by atoms with Crippen molar-refractivity contribution in [2.45, 2.75) is 96.9 Å². The smallest absolute Gasteiger partial charge is 0.261 e. The van der Waals surface area contributed by atoms with Crippen LogP contribution in [0, 0.1) is 0 Å². The van der Waals surface area contributed by atoms with Crippen molar-refractivity contribution in [2.24, 2.45) is 0 Å². The van der Waals surface area contributed by atoms with E-state index in [0.717, 1.165) is 33.5 Å². The molecule has 3 aromatic rings. The molecular formula is C46H70Br2O8Si. The first-order valence-electron chi connectivity index (χ1n) is 21.2. The van der Waals surface area contributed by atoms with E-state index in [9.17, 15) is 0 Å². The third kappa shape index (κ3) is 19.4. The second-order valence-corrected chi connectivity index (χ2v) is 21.2. The highest BCUT2D eigenvalue weighted by atomic mass is 79.9. The van der Waals surface area contributed by atoms with Gasteiger partial charge in [-0.25, -0.2) is 0 Å². The monoisotopic (exact) mass is 936 g/mol. The SMILES string of the molecule is CCCCCCCCCCCCOc1cc(Br)c(OCCOCCOCCOCCOCCOCCO[Si](c2ccccc2)(c2ccccc2)C(C)(C)C)cc1Br. The molecule has 3 rings (SSSR count). The molecule has 0 fully saturated rings. The van der Waals surface area contributed by atoms with Gasteiger partial charge in [0.15, 0.2) is 0 Å². The highest BCUT2D eigenvalue weighted by molar-refractivity contribution is 9.11. The van der Waals surface area contributed by atoms with Crippen LogP contribution >= 0.6 is 31.9 Å². The summed E-state index contributed by atoms with van der Waals surface area (Å²) >= 11 is 7.24. The number of unbranched alkanes of at least 4 members (excludes halogenated alkanes) is 9. The van der Waals surface area contributed by atoms with Crippen molar-refractivity contribution in [3.8, 4) is 11.5 Å². The summed E-state index contributed by atoms with van der Waals surface area (Å²) in [6.45, 7) is 15.8. The van der Waals surface area contributed by atoms with E-state index < -0.39 is 8.32 Å². The molecule has 0 aliphatic carbocycles. The first-order valence-corrected chi connectivity index (χ1v) is 24.7. The van der Waals surface area contributed by atoms with Crippen LogP contribution in [-0.2, 0) is 28.1 Å². The minimum Gasteiger partial charge on any atom is -0.492 e. The molecule has 0 aliphatic heterocycles. The fraction of sp³-hybridized carbons (Fsp3) is 0.609. The minimum absolute atomic E-state index is 0.0558. The second-order valence-electron chi connectivity index (χ2n) is 15.2. The standard InChI is InChI=1S/C46H70Br2O8Si/c1-5-6-7-8-9-10-11-12-13-20-25-54-44-38-43(48)45(39-42(44)47)55-36-34-52-32-30-50-28-26-49-27-29-51-31-33-53-35-37-56-57(46(2,3)4,40-21-16-14-17-22-40)41-23-18-15-19-24-41/h14-19,21-24,38-39H,5-13,20,25-37H2,1-4H3. The molecule has 0 radical (unpaired) electrons. The Morgan fingerprint density at radius 2 is 0.789 bits per heavy atom. The van der Waals surface area contributed by atoms with Gasteiger partial charge in [0.1, 0.15) is 18.1 Å². The molecule has 0 spiro atoms. The van der Waals surface area contributed by atoms with Crippen LogP contribution in [0.4, 0.5) is 0 Å². The Labute approximate surface area is 362 Å². The quantitative estimate of drug-likeness (QED) is 0.0433. The van der Waals surface area contributed by atoms with Crippen molar-refractivity contribution >= 4 is 50.6 Å². The van der Waals surface area contributed by atoms with Gasteiger partial charge in [-0.05, 0) is 65.8 Å². The minimum atomic E-state index is -2.54. The van der Waals surface area contributed by atoms with Crippen LogP contribution in [0.3, 0.4) is 0 Å².